The third kappa shape index (κ3) is 2.91. The van der Waals surface area contributed by atoms with Crippen LogP contribution >= 0.6 is 0 Å². The Hall–Kier alpha value is -1.05. The first kappa shape index (κ1) is 9.04. The summed E-state index contributed by atoms with van der Waals surface area (Å²) in [4.78, 5) is 10.7. The van der Waals surface area contributed by atoms with Crippen LogP contribution in [0.15, 0.2) is 24.8 Å². The molecule has 12 heavy (non-hydrogen) atoms. The van der Waals surface area contributed by atoms with Gasteiger partial charge in [0.05, 0.1) is 0 Å². The van der Waals surface area contributed by atoms with Crippen LogP contribution in [0.4, 0.5) is 0 Å². The van der Waals surface area contributed by atoms with Gasteiger partial charge in [-0.05, 0) is 31.3 Å². The van der Waals surface area contributed by atoms with E-state index in [1.54, 1.807) is 0 Å². The van der Waals surface area contributed by atoms with Gasteiger partial charge in [-0.15, -0.1) is 0 Å². The first-order valence-electron chi connectivity index (χ1n) is 4.38. The Bertz CT molecular complexity index is 188. The summed E-state index contributed by atoms with van der Waals surface area (Å²) >= 11 is 0. The van der Waals surface area contributed by atoms with E-state index in [-0.39, 0.29) is 5.91 Å². The van der Waals surface area contributed by atoms with Gasteiger partial charge in [-0.1, -0.05) is 18.7 Å². The average molecular weight is 165 g/mol. The third-order valence-electron chi connectivity index (χ3n) is 2.14. The van der Waals surface area contributed by atoms with Crippen molar-refractivity contribution < 1.29 is 4.79 Å². The van der Waals surface area contributed by atoms with E-state index >= 15 is 0 Å². The summed E-state index contributed by atoms with van der Waals surface area (Å²) in [5.74, 6) is 0.677. The van der Waals surface area contributed by atoms with E-state index in [9.17, 15) is 4.79 Å². The second-order valence-corrected chi connectivity index (χ2v) is 3.09. The lowest BCUT2D eigenvalue weighted by atomic mass is 10.0. The van der Waals surface area contributed by atoms with E-state index in [0.29, 0.717) is 0 Å². The van der Waals surface area contributed by atoms with Crippen molar-refractivity contribution in [2.24, 2.45) is 5.92 Å². The van der Waals surface area contributed by atoms with Crippen LogP contribution in [0.5, 0.6) is 0 Å². The van der Waals surface area contributed by atoms with E-state index in [2.05, 4.69) is 24.0 Å². The molecule has 0 saturated carbocycles. The van der Waals surface area contributed by atoms with Crippen LogP contribution in [0.25, 0.3) is 0 Å². The van der Waals surface area contributed by atoms with Gasteiger partial charge in [0.25, 0.3) is 0 Å². The monoisotopic (exact) mass is 165 g/mol. The van der Waals surface area contributed by atoms with Gasteiger partial charge in [0, 0.05) is 6.54 Å². The topological polar surface area (TPSA) is 29.1 Å². The average Bonchev–Trinajstić information content (AvgIpc) is 2.57. The molecule has 0 aromatic carbocycles. The van der Waals surface area contributed by atoms with E-state index in [4.69, 9.17) is 0 Å². The molecule has 2 heteroatoms. The molecule has 0 aromatic rings. The molecule has 1 aliphatic rings. The van der Waals surface area contributed by atoms with Crippen LogP contribution in [0, 0.1) is 5.92 Å². The lowest BCUT2D eigenvalue weighted by Crippen LogP contribution is -2.23. The smallest absolute Gasteiger partial charge is 0.243 e. The maximum absolute atomic E-state index is 10.7. The molecule has 2 nitrogen and oxygen atoms in total. The van der Waals surface area contributed by atoms with Gasteiger partial charge >= 0.3 is 0 Å². The van der Waals surface area contributed by atoms with Gasteiger partial charge in [-0.25, -0.2) is 0 Å². The molecule has 0 radical (unpaired) electrons. The maximum Gasteiger partial charge on any atom is 0.243 e. The molecule has 0 fully saturated rings. The number of carbonyl (C=O) groups excluding carboxylic acids is 1. The molecule has 0 atom stereocenters. The Morgan fingerprint density at radius 2 is 2.25 bits per heavy atom. The van der Waals surface area contributed by atoms with Crippen molar-refractivity contribution in [3.05, 3.63) is 24.8 Å². The lowest BCUT2D eigenvalue weighted by molar-refractivity contribution is -0.116. The first-order valence-corrected chi connectivity index (χ1v) is 4.38. The Labute approximate surface area is 73.4 Å². The minimum Gasteiger partial charge on any atom is -0.353 e. The zero-order chi connectivity index (χ0) is 8.81. The highest BCUT2D eigenvalue weighted by Crippen LogP contribution is 2.20. The summed E-state index contributed by atoms with van der Waals surface area (Å²) < 4.78 is 0. The minimum absolute atomic E-state index is 0.0686. The number of nitrogens with one attached hydrogen (secondary N) is 1. The van der Waals surface area contributed by atoms with Gasteiger partial charge in [-0.3, -0.25) is 4.79 Å². The number of rotatable bonds is 4. The predicted octanol–water partition coefficient (Wildman–Crippen LogP) is 1.64. The number of allylic oxidation sites excluding steroid dienone is 2. The van der Waals surface area contributed by atoms with Crippen LogP contribution in [-0.2, 0) is 4.79 Å². The zero-order valence-electron chi connectivity index (χ0n) is 7.25. The van der Waals surface area contributed by atoms with E-state index in [0.717, 1.165) is 18.9 Å². The molecule has 0 aromatic heterocycles. The number of amides is 1. The molecule has 0 saturated heterocycles. The van der Waals surface area contributed by atoms with Crippen molar-refractivity contribution in [1.29, 1.82) is 0 Å². The summed E-state index contributed by atoms with van der Waals surface area (Å²) in [5.41, 5.74) is 0. The summed E-state index contributed by atoms with van der Waals surface area (Å²) in [6, 6.07) is 0. The van der Waals surface area contributed by atoms with E-state index < -0.39 is 0 Å². The molecule has 0 heterocycles. The fraction of sp³-hybridized carbons (Fsp3) is 0.500. The van der Waals surface area contributed by atoms with Gasteiger partial charge in [-0.2, -0.15) is 0 Å². The highest BCUT2D eigenvalue weighted by Gasteiger charge is 2.09. The van der Waals surface area contributed by atoms with Gasteiger partial charge < -0.3 is 5.32 Å². The second-order valence-electron chi connectivity index (χ2n) is 3.09. The van der Waals surface area contributed by atoms with E-state index in [1.807, 2.05) is 0 Å². The Morgan fingerprint density at radius 1 is 1.58 bits per heavy atom. The predicted molar refractivity (Wildman–Crippen MR) is 49.7 cm³/mol. The number of hydrogen-bond donors (Lipinski definition) is 1. The largest absolute Gasteiger partial charge is 0.353 e. The second kappa shape index (κ2) is 4.75. The van der Waals surface area contributed by atoms with Crippen LogP contribution in [0.3, 0.4) is 0 Å². The van der Waals surface area contributed by atoms with Crippen molar-refractivity contribution in [2.75, 3.05) is 6.54 Å². The van der Waals surface area contributed by atoms with Gasteiger partial charge in [0.2, 0.25) is 5.91 Å². The Balaban J connectivity index is 2.02. The lowest BCUT2D eigenvalue weighted by Gasteiger charge is -2.08. The van der Waals surface area contributed by atoms with Crippen LogP contribution in [0.2, 0.25) is 0 Å². The molecular formula is C10H15NO. The van der Waals surface area contributed by atoms with Crippen molar-refractivity contribution in [2.45, 2.75) is 19.3 Å². The molecule has 0 spiro atoms. The molecule has 1 rings (SSSR count). The first-order chi connectivity index (χ1) is 5.83. The molecular weight excluding hydrogens is 150 g/mol. The molecule has 1 amide bonds. The molecule has 0 unspecified atom stereocenters. The molecule has 0 aliphatic heterocycles. The van der Waals surface area contributed by atoms with Gasteiger partial charge in [0.15, 0.2) is 0 Å². The Kier molecular flexibility index (Phi) is 3.58. The normalized spacial score (nSPS) is 16.3. The summed E-state index contributed by atoms with van der Waals surface area (Å²) in [7, 11) is 0. The standard InChI is InChI=1S/C10H15NO/c1-2-10(12)11-8-7-9-5-3-4-6-9/h2-4,9H,1,5-8H2,(H,11,12). The van der Waals surface area contributed by atoms with Crippen molar-refractivity contribution in [3.63, 3.8) is 0 Å². The fourth-order valence-corrected chi connectivity index (χ4v) is 1.38. The fourth-order valence-electron chi connectivity index (χ4n) is 1.38. The highest BCUT2D eigenvalue weighted by molar-refractivity contribution is 5.86. The van der Waals surface area contributed by atoms with Crippen LogP contribution in [0.1, 0.15) is 19.3 Å². The zero-order valence-corrected chi connectivity index (χ0v) is 7.25. The molecule has 0 bridgehead atoms. The summed E-state index contributed by atoms with van der Waals surface area (Å²) in [6.07, 6.45) is 9.15. The molecule has 1 N–H and O–H groups in total. The molecule has 66 valence electrons. The number of hydrogen-bond acceptors (Lipinski definition) is 1. The number of carbonyl (C=O) groups is 1. The summed E-state index contributed by atoms with van der Waals surface area (Å²) in [6.45, 7) is 4.16. The van der Waals surface area contributed by atoms with Gasteiger partial charge in [0.1, 0.15) is 0 Å². The van der Waals surface area contributed by atoms with Crippen molar-refractivity contribution in [1.82, 2.24) is 5.32 Å². The minimum atomic E-state index is -0.0686. The maximum atomic E-state index is 10.7. The van der Waals surface area contributed by atoms with Crippen molar-refractivity contribution >= 4 is 5.91 Å². The van der Waals surface area contributed by atoms with Crippen molar-refractivity contribution in [3.8, 4) is 0 Å². The summed E-state index contributed by atoms with van der Waals surface area (Å²) in [5, 5.41) is 2.77. The SMILES string of the molecule is C=CC(=O)NCCC1CC=CC1. The molecule has 1 aliphatic carbocycles. The highest BCUT2D eigenvalue weighted by atomic mass is 16.1. The van der Waals surface area contributed by atoms with Crippen LogP contribution < -0.4 is 5.32 Å². The van der Waals surface area contributed by atoms with E-state index in [1.165, 1.54) is 18.9 Å². The third-order valence-corrected chi connectivity index (χ3v) is 2.14. The Morgan fingerprint density at radius 3 is 2.83 bits per heavy atom. The van der Waals surface area contributed by atoms with Crippen LogP contribution in [-0.4, -0.2) is 12.5 Å². The quantitative estimate of drug-likeness (QED) is 0.498.